The van der Waals surface area contributed by atoms with E-state index in [2.05, 4.69) is 10.2 Å². The minimum Gasteiger partial charge on any atom is -0.492 e. The zero-order chi connectivity index (χ0) is 21.8. The summed E-state index contributed by atoms with van der Waals surface area (Å²) in [6, 6.07) is 12.6. The molecule has 8 heteroatoms. The predicted octanol–water partition coefficient (Wildman–Crippen LogP) is 3.45. The largest absolute Gasteiger partial charge is 0.492 e. The number of nitrogens with zero attached hydrogens (tertiary/aromatic N) is 1. The Balaban J connectivity index is 1.44. The van der Waals surface area contributed by atoms with Gasteiger partial charge in [0.05, 0.1) is 30.7 Å². The van der Waals surface area contributed by atoms with Crippen molar-refractivity contribution in [2.24, 2.45) is 5.92 Å². The van der Waals surface area contributed by atoms with E-state index in [4.69, 9.17) is 9.47 Å². The molecule has 1 saturated heterocycles. The standard InChI is InChI=1S/C23H25F3N2O3/c24-23(25,26)19-7-5-16(6-8-19)20(28-9-11-30-12-10-28)14-27-22(29)18-13-17-3-1-2-4-21(17)31-15-18/h1-8,18,20H,9-15H2,(H,27,29). The molecule has 0 spiro atoms. The fraction of sp³-hybridized carbons (Fsp3) is 0.435. The number of hydrogen-bond donors (Lipinski definition) is 1. The number of halogens is 3. The fourth-order valence-electron chi connectivity index (χ4n) is 4.08. The van der Waals surface area contributed by atoms with Gasteiger partial charge in [0.25, 0.3) is 0 Å². The molecule has 2 aliphatic rings. The van der Waals surface area contributed by atoms with Gasteiger partial charge in [0.2, 0.25) is 5.91 Å². The van der Waals surface area contributed by atoms with Crippen LogP contribution in [0.25, 0.3) is 0 Å². The predicted molar refractivity (Wildman–Crippen MR) is 109 cm³/mol. The average Bonchev–Trinajstić information content (AvgIpc) is 2.79. The fourth-order valence-corrected chi connectivity index (χ4v) is 4.08. The molecule has 2 unspecified atom stereocenters. The van der Waals surface area contributed by atoms with Crippen LogP contribution in [0, 0.1) is 5.92 Å². The van der Waals surface area contributed by atoms with Crippen LogP contribution in [-0.4, -0.2) is 50.3 Å². The summed E-state index contributed by atoms with van der Waals surface area (Å²) < 4.78 is 50.0. The van der Waals surface area contributed by atoms with Gasteiger partial charge in [-0.25, -0.2) is 0 Å². The Bertz CT molecular complexity index is 896. The van der Waals surface area contributed by atoms with Crippen LogP contribution in [0.4, 0.5) is 13.2 Å². The highest BCUT2D eigenvalue weighted by molar-refractivity contribution is 5.79. The van der Waals surface area contributed by atoms with Crippen molar-refractivity contribution in [2.45, 2.75) is 18.6 Å². The van der Waals surface area contributed by atoms with Crippen molar-refractivity contribution in [3.8, 4) is 5.75 Å². The van der Waals surface area contributed by atoms with Crippen LogP contribution in [0.3, 0.4) is 0 Å². The molecule has 2 aromatic rings. The Hall–Kier alpha value is -2.58. The first-order chi connectivity index (χ1) is 14.9. The van der Waals surface area contributed by atoms with E-state index >= 15 is 0 Å². The summed E-state index contributed by atoms with van der Waals surface area (Å²) in [7, 11) is 0. The third-order valence-electron chi connectivity index (χ3n) is 5.83. The molecular weight excluding hydrogens is 409 g/mol. The molecule has 31 heavy (non-hydrogen) atoms. The third kappa shape index (κ3) is 5.19. The lowest BCUT2D eigenvalue weighted by Crippen LogP contribution is -2.45. The minimum atomic E-state index is -4.38. The summed E-state index contributed by atoms with van der Waals surface area (Å²) in [6.07, 6.45) is -3.77. The van der Waals surface area contributed by atoms with Gasteiger partial charge in [-0.15, -0.1) is 0 Å². The van der Waals surface area contributed by atoms with Crippen LogP contribution in [0.5, 0.6) is 5.75 Å². The van der Waals surface area contributed by atoms with Crippen molar-refractivity contribution in [1.82, 2.24) is 10.2 Å². The first-order valence-electron chi connectivity index (χ1n) is 10.4. The Morgan fingerprint density at radius 2 is 1.81 bits per heavy atom. The lowest BCUT2D eigenvalue weighted by Gasteiger charge is -2.35. The van der Waals surface area contributed by atoms with Gasteiger partial charge in [-0.05, 0) is 35.7 Å². The molecule has 2 aromatic carbocycles. The second-order valence-electron chi connectivity index (χ2n) is 7.85. The summed E-state index contributed by atoms with van der Waals surface area (Å²) in [5.74, 6) is 0.398. The van der Waals surface area contributed by atoms with Crippen molar-refractivity contribution in [1.29, 1.82) is 0 Å². The van der Waals surface area contributed by atoms with E-state index in [1.54, 1.807) is 0 Å². The maximum atomic E-state index is 12.9. The molecule has 1 amide bonds. The maximum Gasteiger partial charge on any atom is 0.416 e. The molecule has 0 aliphatic carbocycles. The van der Waals surface area contributed by atoms with Gasteiger partial charge in [0.1, 0.15) is 12.4 Å². The first kappa shape index (κ1) is 21.6. The Kier molecular flexibility index (Phi) is 6.48. The molecule has 4 rings (SSSR count). The van der Waals surface area contributed by atoms with Crippen LogP contribution in [0.1, 0.15) is 22.7 Å². The highest BCUT2D eigenvalue weighted by Crippen LogP contribution is 2.31. The molecule has 0 bridgehead atoms. The quantitative estimate of drug-likeness (QED) is 0.783. The number of nitrogens with one attached hydrogen (secondary N) is 1. The highest BCUT2D eigenvalue weighted by atomic mass is 19.4. The Morgan fingerprint density at radius 1 is 1.10 bits per heavy atom. The Morgan fingerprint density at radius 3 is 2.52 bits per heavy atom. The van der Waals surface area contributed by atoms with Crippen LogP contribution in [0.15, 0.2) is 48.5 Å². The summed E-state index contributed by atoms with van der Waals surface area (Å²) in [5, 5.41) is 3.00. The number of morpholine rings is 1. The van der Waals surface area contributed by atoms with Gasteiger partial charge in [-0.2, -0.15) is 13.2 Å². The molecule has 166 valence electrons. The normalized spacial score (nSPS) is 20.4. The van der Waals surface area contributed by atoms with Crippen molar-refractivity contribution >= 4 is 5.91 Å². The maximum absolute atomic E-state index is 12.9. The molecule has 0 aromatic heterocycles. The number of alkyl halides is 3. The molecule has 1 fully saturated rings. The smallest absolute Gasteiger partial charge is 0.416 e. The van der Waals surface area contributed by atoms with Gasteiger partial charge in [0.15, 0.2) is 0 Å². The Labute approximate surface area is 179 Å². The van der Waals surface area contributed by atoms with Gasteiger partial charge >= 0.3 is 6.18 Å². The second kappa shape index (κ2) is 9.28. The number of rotatable bonds is 5. The zero-order valence-corrected chi connectivity index (χ0v) is 17.0. The van der Waals surface area contributed by atoms with Crippen LogP contribution in [-0.2, 0) is 22.1 Å². The summed E-state index contributed by atoms with van der Waals surface area (Å²) >= 11 is 0. The van der Waals surface area contributed by atoms with Gasteiger partial charge in [-0.1, -0.05) is 30.3 Å². The lowest BCUT2D eigenvalue weighted by molar-refractivity contribution is -0.137. The molecular formula is C23H25F3N2O3. The van der Waals surface area contributed by atoms with Crippen LogP contribution in [0.2, 0.25) is 0 Å². The summed E-state index contributed by atoms with van der Waals surface area (Å²) in [5.41, 5.74) is 1.06. The van der Waals surface area contributed by atoms with E-state index in [0.29, 0.717) is 45.9 Å². The summed E-state index contributed by atoms with van der Waals surface area (Å²) in [4.78, 5) is 15.0. The molecule has 2 aliphatic heterocycles. The molecule has 5 nitrogen and oxygen atoms in total. The lowest BCUT2D eigenvalue weighted by atomic mass is 9.95. The number of carbonyl (C=O) groups is 1. The number of para-hydroxylation sites is 1. The minimum absolute atomic E-state index is 0.111. The topological polar surface area (TPSA) is 50.8 Å². The van der Waals surface area contributed by atoms with Crippen LogP contribution < -0.4 is 10.1 Å². The number of benzene rings is 2. The van der Waals surface area contributed by atoms with Crippen molar-refractivity contribution in [2.75, 3.05) is 39.5 Å². The number of carbonyl (C=O) groups excluding carboxylic acids is 1. The number of amides is 1. The van der Waals surface area contributed by atoms with Gasteiger partial charge in [0, 0.05) is 19.6 Å². The number of ether oxygens (including phenoxy) is 2. The second-order valence-corrected chi connectivity index (χ2v) is 7.85. The summed E-state index contributed by atoms with van der Waals surface area (Å²) in [6.45, 7) is 3.04. The van der Waals surface area contributed by atoms with Crippen LogP contribution >= 0.6 is 0 Å². The average molecular weight is 434 g/mol. The van der Waals surface area contributed by atoms with E-state index in [9.17, 15) is 18.0 Å². The van der Waals surface area contributed by atoms with Gasteiger partial charge < -0.3 is 14.8 Å². The number of fused-ring (bicyclic) bond motifs is 1. The van der Waals surface area contributed by atoms with E-state index in [1.165, 1.54) is 12.1 Å². The van der Waals surface area contributed by atoms with Gasteiger partial charge in [-0.3, -0.25) is 9.69 Å². The molecule has 2 atom stereocenters. The van der Waals surface area contributed by atoms with E-state index in [1.807, 2.05) is 24.3 Å². The van der Waals surface area contributed by atoms with E-state index < -0.39 is 11.7 Å². The molecule has 1 N–H and O–H groups in total. The third-order valence-corrected chi connectivity index (χ3v) is 5.83. The van der Waals surface area contributed by atoms with E-state index in [-0.39, 0.29) is 17.9 Å². The number of hydrogen-bond acceptors (Lipinski definition) is 4. The monoisotopic (exact) mass is 434 g/mol. The highest BCUT2D eigenvalue weighted by Gasteiger charge is 2.32. The van der Waals surface area contributed by atoms with E-state index in [0.717, 1.165) is 29.0 Å². The molecule has 0 radical (unpaired) electrons. The SMILES string of the molecule is O=C(NCC(c1ccc(C(F)(F)F)cc1)N1CCOCC1)C1COc2ccccc2C1. The van der Waals surface area contributed by atoms with Crippen molar-refractivity contribution < 1.29 is 27.4 Å². The first-order valence-corrected chi connectivity index (χ1v) is 10.4. The zero-order valence-electron chi connectivity index (χ0n) is 17.0. The molecule has 0 saturated carbocycles. The van der Waals surface area contributed by atoms with Crippen molar-refractivity contribution in [3.05, 3.63) is 65.2 Å². The van der Waals surface area contributed by atoms with Crippen molar-refractivity contribution in [3.63, 3.8) is 0 Å². The molecule has 2 heterocycles.